The van der Waals surface area contributed by atoms with Crippen LogP contribution in [0.4, 0.5) is 4.79 Å². The van der Waals surface area contributed by atoms with Crippen molar-refractivity contribution >= 4 is 12.0 Å². The summed E-state index contributed by atoms with van der Waals surface area (Å²) in [7, 11) is 1.85. The summed E-state index contributed by atoms with van der Waals surface area (Å²) in [5, 5.41) is 8.68. The fourth-order valence-electron chi connectivity index (χ4n) is 2.12. The molecule has 0 aromatic carbocycles. The first-order chi connectivity index (χ1) is 9.27. The van der Waals surface area contributed by atoms with E-state index >= 15 is 0 Å². The molecule has 20 heavy (non-hydrogen) atoms. The fraction of sp³-hybridized carbons (Fsp3) is 0.857. The number of carboxylic acid groups (broad SMARTS) is 1. The molecule has 0 aromatic heterocycles. The summed E-state index contributed by atoms with van der Waals surface area (Å²) in [5.74, 6) is -0.770. The largest absolute Gasteiger partial charge is 0.481 e. The molecule has 6 nitrogen and oxygen atoms in total. The molecule has 1 fully saturated rings. The number of carbonyl (C=O) groups excluding carboxylic acids is 1. The highest BCUT2D eigenvalue weighted by molar-refractivity contribution is 5.75. The van der Waals surface area contributed by atoms with Gasteiger partial charge in [0.05, 0.1) is 6.42 Å². The number of nitrogens with zero attached hydrogens (tertiary/aromatic N) is 3. The van der Waals surface area contributed by atoms with Gasteiger partial charge in [-0.15, -0.1) is 0 Å². The van der Waals surface area contributed by atoms with Crippen molar-refractivity contribution in [3.05, 3.63) is 0 Å². The first kappa shape index (κ1) is 16.8. The van der Waals surface area contributed by atoms with Crippen molar-refractivity contribution in [2.45, 2.75) is 39.2 Å². The van der Waals surface area contributed by atoms with E-state index in [1.165, 1.54) is 0 Å². The van der Waals surface area contributed by atoms with Crippen molar-refractivity contribution < 1.29 is 14.7 Å². The van der Waals surface area contributed by atoms with Crippen LogP contribution in [-0.2, 0) is 4.79 Å². The van der Waals surface area contributed by atoms with Crippen molar-refractivity contribution in [1.82, 2.24) is 14.7 Å². The zero-order valence-corrected chi connectivity index (χ0v) is 13.1. The second kappa shape index (κ2) is 6.92. The Morgan fingerprint density at radius 3 is 2.20 bits per heavy atom. The molecule has 0 bridgehead atoms. The zero-order chi connectivity index (χ0) is 15.3. The van der Waals surface area contributed by atoms with E-state index in [0.717, 1.165) is 19.5 Å². The molecule has 1 aliphatic rings. The van der Waals surface area contributed by atoms with Gasteiger partial charge in [-0.2, -0.15) is 0 Å². The van der Waals surface area contributed by atoms with Crippen LogP contribution in [-0.4, -0.2) is 77.1 Å². The minimum absolute atomic E-state index is 0.0646. The molecule has 0 atom stereocenters. The lowest BCUT2D eigenvalue weighted by Crippen LogP contribution is -2.56. The van der Waals surface area contributed by atoms with E-state index in [1.807, 2.05) is 11.9 Å². The predicted octanol–water partition coefficient (Wildman–Crippen LogP) is 1.32. The molecule has 6 heteroatoms. The van der Waals surface area contributed by atoms with Crippen LogP contribution < -0.4 is 0 Å². The lowest BCUT2D eigenvalue weighted by Gasteiger charge is -2.41. The van der Waals surface area contributed by atoms with Gasteiger partial charge >= 0.3 is 12.0 Å². The summed E-state index contributed by atoms with van der Waals surface area (Å²) in [6.45, 7) is 9.60. The summed E-state index contributed by atoms with van der Waals surface area (Å²) < 4.78 is 0. The monoisotopic (exact) mass is 285 g/mol. The minimum atomic E-state index is -0.770. The SMILES string of the molecule is CCC(C)(C)N(C)C(=O)N1CCN(CCC(=O)O)CC1. The maximum absolute atomic E-state index is 12.4. The average molecular weight is 285 g/mol. The fourth-order valence-corrected chi connectivity index (χ4v) is 2.12. The number of aliphatic carboxylic acids is 1. The molecule has 0 aliphatic carbocycles. The molecule has 0 radical (unpaired) electrons. The lowest BCUT2D eigenvalue weighted by molar-refractivity contribution is -0.137. The van der Waals surface area contributed by atoms with Gasteiger partial charge in [-0.05, 0) is 20.3 Å². The van der Waals surface area contributed by atoms with Gasteiger partial charge < -0.3 is 14.9 Å². The second-order valence-electron chi connectivity index (χ2n) is 5.98. The smallest absolute Gasteiger partial charge is 0.320 e. The van der Waals surface area contributed by atoms with E-state index in [9.17, 15) is 9.59 Å². The number of amides is 2. The molecule has 1 N–H and O–H groups in total. The van der Waals surface area contributed by atoms with E-state index in [-0.39, 0.29) is 18.0 Å². The topological polar surface area (TPSA) is 64.1 Å². The molecule has 0 aromatic rings. The van der Waals surface area contributed by atoms with Crippen molar-refractivity contribution in [2.75, 3.05) is 39.8 Å². The Kier molecular flexibility index (Phi) is 5.80. The van der Waals surface area contributed by atoms with Gasteiger partial charge in [-0.25, -0.2) is 4.79 Å². The zero-order valence-electron chi connectivity index (χ0n) is 13.1. The standard InChI is InChI=1S/C14H27N3O3/c1-5-14(2,3)15(4)13(20)17-10-8-16(9-11-17)7-6-12(18)19/h5-11H2,1-4H3,(H,18,19). The maximum Gasteiger partial charge on any atom is 0.320 e. The van der Waals surface area contributed by atoms with Gasteiger partial charge in [0, 0.05) is 45.3 Å². The molecule has 0 spiro atoms. The van der Waals surface area contributed by atoms with Crippen LogP contribution in [0.15, 0.2) is 0 Å². The molecule has 116 valence electrons. The van der Waals surface area contributed by atoms with Gasteiger partial charge in [0.25, 0.3) is 0 Å². The third-order valence-electron chi connectivity index (χ3n) is 4.34. The normalized spacial score (nSPS) is 17.1. The number of rotatable bonds is 5. The average Bonchev–Trinajstić information content (AvgIpc) is 2.44. The molecule has 1 aliphatic heterocycles. The number of urea groups is 1. The lowest BCUT2D eigenvalue weighted by atomic mass is 10.0. The Labute approximate surface area is 121 Å². The molecule has 1 rings (SSSR count). The Hall–Kier alpha value is -1.30. The molecular formula is C14H27N3O3. The highest BCUT2D eigenvalue weighted by Crippen LogP contribution is 2.18. The van der Waals surface area contributed by atoms with Gasteiger partial charge in [0.1, 0.15) is 0 Å². The molecule has 1 saturated heterocycles. The van der Waals surface area contributed by atoms with Crippen LogP contribution in [0.5, 0.6) is 0 Å². The molecule has 0 unspecified atom stereocenters. The van der Waals surface area contributed by atoms with E-state index in [2.05, 4.69) is 25.7 Å². The molecule has 1 heterocycles. The first-order valence-corrected chi connectivity index (χ1v) is 7.25. The van der Waals surface area contributed by atoms with Gasteiger partial charge in [-0.3, -0.25) is 9.69 Å². The minimum Gasteiger partial charge on any atom is -0.481 e. The number of hydrogen-bond acceptors (Lipinski definition) is 3. The van der Waals surface area contributed by atoms with Crippen LogP contribution in [0, 0.1) is 0 Å². The Bertz CT molecular complexity index is 350. The van der Waals surface area contributed by atoms with E-state index in [4.69, 9.17) is 5.11 Å². The second-order valence-corrected chi connectivity index (χ2v) is 5.98. The number of carbonyl (C=O) groups is 2. The number of hydrogen-bond donors (Lipinski definition) is 1. The summed E-state index contributed by atoms with van der Waals surface area (Å²) in [4.78, 5) is 28.7. The number of piperazine rings is 1. The Morgan fingerprint density at radius 1 is 1.20 bits per heavy atom. The van der Waals surface area contributed by atoms with Crippen molar-refractivity contribution in [2.24, 2.45) is 0 Å². The summed E-state index contributed by atoms with van der Waals surface area (Å²) in [6.07, 6.45) is 1.07. The highest BCUT2D eigenvalue weighted by Gasteiger charge is 2.30. The third kappa shape index (κ3) is 4.37. The first-order valence-electron chi connectivity index (χ1n) is 7.25. The molecule has 2 amide bonds. The predicted molar refractivity (Wildman–Crippen MR) is 77.8 cm³/mol. The number of carboxylic acids is 1. The van der Waals surface area contributed by atoms with Crippen LogP contribution >= 0.6 is 0 Å². The quantitative estimate of drug-likeness (QED) is 0.827. The van der Waals surface area contributed by atoms with Crippen molar-refractivity contribution in [3.63, 3.8) is 0 Å². The van der Waals surface area contributed by atoms with Crippen molar-refractivity contribution in [3.8, 4) is 0 Å². The van der Waals surface area contributed by atoms with E-state index < -0.39 is 5.97 Å². The van der Waals surface area contributed by atoms with Crippen molar-refractivity contribution in [1.29, 1.82) is 0 Å². The van der Waals surface area contributed by atoms with Gasteiger partial charge in [0.15, 0.2) is 0 Å². The van der Waals surface area contributed by atoms with Crippen LogP contribution in [0.3, 0.4) is 0 Å². The van der Waals surface area contributed by atoms with Crippen LogP contribution in [0.25, 0.3) is 0 Å². The van der Waals surface area contributed by atoms with Crippen LogP contribution in [0.2, 0.25) is 0 Å². The van der Waals surface area contributed by atoms with Crippen LogP contribution in [0.1, 0.15) is 33.6 Å². The van der Waals surface area contributed by atoms with E-state index in [0.29, 0.717) is 19.6 Å². The maximum atomic E-state index is 12.4. The summed E-state index contributed by atoms with van der Waals surface area (Å²) in [5.41, 5.74) is -0.141. The third-order valence-corrected chi connectivity index (χ3v) is 4.34. The summed E-state index contributed by atoms with van der Waals surface area (Å²) in [6, 6.07) is 0.0646. The van der Waals surface area contributed by atoms with Gasteiger partial charge in [-0.1, -0.05) is 6.92 Å². The highest BCUT2D eigenvalue weighted by atomic mass is 16.4. The summed E-state index contributed by atoms with van der Waals surface area (Å²) >= 11 is 0. The molecular weight excluding hydrogens is 258 g/mol. The van der Waals surface area contributed by atoms with E-state index in [1.54, 1.807) is 4.90 Å². The van der Waals surface area contributed by atoms with Gasteiger partial charge in [0.2, 0.25) is 0 Å². The Morgan fingerprint density at radius 2 is 1.75 bits per heavy atom. The Balaban J connectivity index is 2.45. The molecule has 0 saturated carbocycles.